The van der Waals surface area contributed by atoms with Crippen molar-refractivity contribution < 1.29 is 26.3 Å². The number of rotatable bonds is 4. The highest BCUT2D eigenvalue weighted by Gasteiger charge is 2.54. The molecule has 4 rings (SSSR count). The lowest BCUT2D eigenvalue weighted by molar-refractivity contribution is -0.0773. The number of hydrogen-bond acceptors (Lipinski definition) is 5. The van der Waals surface area contributed by atoms with Gasteiger partial charge in [-0.15, -0.1) is 0 Å². The van der Waals surface area contributed by atoms with E-state index in [-0.39, 0.29) is 43.6 Å². The fourth-order valence-electron chi connectivity index (χ4n) is 4.39. The Kier molecular flexibility index (Phi) is 5.14. The summed E-state index contributed by atoms with van der Waals surface area (Å²) in [6.07, 6.45) is 1.15. The second kappa shape index (κ2) is 7.23. The van der Waals surface area contributed by atoms with Gasteiger partial charge in [-0.05, 0) is 37.5 Å². The van der Waals surface area contributed by atoms with Crippen LogP contribution in [-0.2, 0) is 14.8 Å². The van der Waals surface area contributed by atoms with Crippen molar-refractivity contribution in [1.29, 1.82) is 5.26 Å². The van der Waals surface area contributed by atoms with E-state index in [0.717, 1.165) is 16.4 Å². The molecule has 3 fully saturated rings. The minimum Gasteiger partial charge on any atom is -0.371 e. The molecular formula is C19H22F3N3O3S. The van der Waals surface area contributed by atoms with Gasteiger partial charge in [0.25, 0.3) is 0 Å². The molecule has 2 heterocycles. The number of nitrogens with one attached hydrogen (secondary N) is 1. The van der Waals surface area contributed by atoms with Crippen molar-refractivity contribution in [2.45, 2.75) is 60.6 Å². The SMILES string of the molecule is N#Cc1ccc(F)c(S(=O)(=O)N2CC3(CC(NC4CCC(F)(F)CC4)CO3)C2)c1. The third-order valence-corrected chi connectivity index (χ3v) is 7.81. The van der Waals surface area contributed by atoms with E-state index in [0.29, 0.717) is 25.9 Å². The molecule has 0 radical (unpaired) electrons. The molecule has 1 aromatic carbocycles. The Balaban J connectivity index is 1.36. The summed E-state index contributed by atoms with van der Waals surface area (Å²) in [6.45, 7) is 0.595. The molecular weight excluding hydrogens is 407 g/mol. The monoisotopic (exact) mass is 429 g/mol. The van der Waals surface area contributed by atoms with Gasteiger partial charge in [-0.25, -0.2) is 21.6 Å². The van der Waals surface area contributed by atoms with Crippen molar-refractivity contribution >= 4 is 10.0 Å². The van der Waals surface area contributed by atoms with Crippen molar-refractivity contribution in [2.24, 2.45) is 0 Å². The van der Waals surface area contributed by atoms with E-state index in [1.165, 1.54) is 6.07 Å². The first-order chi connectivity index (χ1) is 13.6. The summed E-state index contributed by atoms with van der Waals surface area (Å²) < 4.78 is 73.1. The maximum atomic E-state index is 14.1. The Morgan fingerprint density at radius 2 is 1.90 bits per heavy atom. The van der Waals surface area contributed by atoms with Crippen LogP contribution in [0.1, 0.15) is 37.7 Å². The first-order valence-electron chi connectivity index (χ1n) is 9.60. The number of nitrogens with zero attached hydrogens (tertiary/aromatic N) is 2. The van der Waals surface area contributed by atoms with E-state index in [4.69, 9.17) is 10.00 Å². The van der Waals surface area contributed by atoms with Gasteiger partial charge in [-0.2, -0.15) is 9.57 Å². The average Bonchev–Trinajstić information content (AvgIpc) is 3.07. The molecule has 6 nitrogen and oxygen atoms in total. The van der Waals surface area contributed by atoms with Gasteiger partial charge in [0.15, 0.2) is 0 Å². The summed E-state index contributed by atoms with van der Waals surface area (Å²) in [7, 11) is -4.06. The first-order valence-corrected chi connectivity index (χ1v) is 11.0. The lowest BCUT2D eigenvalue weighted by Crippen LogP contribution is -2.63. The van der Waals surface area contributed by atoms with Gasteiger partial charge in [0.1, 0.15) is 10.7 Å². The molecule has 2 aliphatic heterocycles. The topological polar surface area (TPSA) is 82.4 Å². The Morgan fingerprint density at radius 3 is 2.55 bits per heavy atom. The number of halogens is 3. The fourth-order valence-corrected chi connectivity index (χ4v) is 6.07. The summed E-state index contributed by atoms with van der Waals surface area (Å²) in [5.74, 6) is -3.47. The largest absolute Gasteiger partial charge is 0.371 e. The zero-order chi connectivity index (χ0) is 20.9. The molecule has 1 aliphatic carbocycles. The fraction of sp³-hybridized carbons (Fsp3) is 0.632. The van der Waals surface area contributed by atoms with Crippen LogP contribution in [-0.4, -0.2) is 56.0 Å². The van der Waals surface area contributed by atoms with Crippen LogP contribution in [0.5, 0.6) is 0 Å². The van der Waals surface area contributed by atoms with Crippen LogP contribution in [0.4, 0.5) is 13.2 Å². The smallest absolute Gasteiger partial charge is 0.248 e. The van der Waals surface area contributed by atoms with Gasteiger partial charge in [-0.1, -0.05) is 0 Å². The molecule has 1 unspecified atom stereocenters. The van der Waals surface area contributed by atoms with E-state index >= 15 is 0 Å². The van der Waals surface area contributed by atoms with E-state index in [2.05, 4.69) is 5.32 Å². The third kappa shape index (κ3) is 4.01. The molecule has 0 bridgehead atoms. The number of ether oxygens (including phenoxy) is 1. The van der Waals surface area contributed by atoms with E-state index in [9.17, 15) is 21.6 Å². The van der Waals surface area contributed by atoms with Crippen molar-refractivity contribution in [3.63, 3.8) is 0 Å². The van der Waals surface area contributed by atoms with Crippen LogP contribution in [0.15, 0.2) is 23.1 Å². The van der Waals surface area contributed by atoms with Gasteiger partial charge in [0, 0.05) is 38.0 Å². The second-order valence-corrected chi connectivity index (χ2v) is 10.1. The summed E-state index contributed by atoms with van der Waals surface area (Å²) >= 11 is 0. The molecule has 10 heteroatoms. The van der Waals surface area contributed by atoms with E-state index in [1.807, 2.05) is 6.07 Å². The first kappa shape index (κ1) is 20.6. The molecule has 1 N–H and O–H groups in total. The molecule has 2 saturated heterocycles. The number of nitriles is 1. The molecule has 0 amide bonds. The van der Waals surface area contributed by atoms with Crippen LogP contribution in [0.3, 0.4) is 0 Å². The molecule has 158 valence electrons. The highest BCUT2D eigenvalue weighted by molar-refractivity contribution is 7.89. The number of sulfonamides is 1. The Morgan fingerprint density at radius 1 is 1.21 bits per heavy atom. The van der Waals surface area contributed by atoms with Crippen molar-refractivity contribution in [3.8, 4) is 6.07 Å². The van der Waals surface area contributed by atoms with Crippen LogP contribution in [0.25, 0.3) is 0 Å². The van der Waals surface area contributed by atoms with Crippen LogP contribution < -0.4 is 5.32 Å². The molecule has 3 aliphatic rings. The summed E-state index contributed by atoms with van der Waals surface area (Å²) in [5.41, 5.74) is -0.563. The predicted octanol–water partition coefficient (Wildman–Crippen LogP) is 2.40. The molecule has 1 atom stereocenters. The average molecular weight is 429 g/mol. The number of hydrogen-bond donors (Lipinski definition) is 1. The molecule has 1 aromatic rings. The second-order valence-electron chi connectivity index (χ2n) is 8.22. The van der Waals surface area contributed by atoms with Crippen LogP contribution in [0.2, 0.25) is 0 Å². The number of alkyl halides is 2. The maximum absolute atomic E-state index is 14.1. The third-order valence-electron chi connectivity index (χ3n) is 6.00. The molecule has 29 heavy (non-hydrogen) atoms. The zero-order valence-corrected chi connectivity index (χ0v) is 16.5. The van der Waals surface area contributed by atoms with Crippen molar-refractivity contribution in [2.75, 3.05) is 19.7 Å². The predicted molar refractivity (Wildman–Crippen MR) is 97.3 cm³/mol. The van der Waals surface area contributed by atoms with Crippen LogP contribution >= 0.6 is 0 Å². The van der Waals surface area contributed by atoms with Crippen molar-refractivity contribution in [3.05, 3.63) is 29.6 Å². The Labute approximate surface area is 167 Å². The van der Waals surface area contributed by atoms with Gasteiger partial charge in [0.05, 0.1) is 23.8 Å². The van der Waals surface area contributed by atoms with Gasteiger partial charge in [0.2, 0.25) is 15.9 Å². The maximum Gasteiger partial charge on any atom is 0.248 e. The molecule has 0 aromatic heterocycles. The standard InChI is InChI=1S/C19H22F3N3O3S/c20-16-2-1-13(9-23)7-17(16)29(26,27)25-11-18(12-25)8-15(10-28-18)24-14-3-5-19(21,22)6-4-14/h1-2,7,14-15,24H,3-6,8,10-12H2. The minimum atomic E-state index is -4.06. The highest BCUT2D eigenvalue weighted by atomic mass is 32.2. The molecule has 1 spiro atoms. The quantitative estimate of drug-likeness (QED) is 0.795. The van der Waals surface area contributed by atoms with Gasteiger partial charge in [-0.3, -0.25) is 0 Å². The van der Waals surface area contributed by atoms with Gasteiger partial charge < -0.3 is 10.1 Å². The van der Waals surface area contributed by atoms with E-state index in [1.54, 1.807) is 0 Å². The summed E-state index contributed by atoms with van der Waals surface area (Å²) in [5, 5.41) is 12.3. The van der Waals surface area contributed by atoms with Crippen LogP contribution in [0, 0.1) is 17.1 Å². The lowest BCUT2D eigenvalue weighted by Gasteiger charge is -2.46. The van der Waals surface area contributed by atoms with Crippen molar-refractivity contribution in [1.82, 2.24) is 9.62 Å². The minimum absolute atomic E-state index is 0.0149. The Bertz CT molecular complexity index is 932. The summed E-state index contributed by atoms with van der Waals surface area (Å²) in [4.78, 5) is -0.512. The lowest BCUT2D eigenvalue weighted by atomic mass is 9.89. The highest BCUT2D eigenvalue weighted by Crippen LogP contribution is 2.40. The summed E-state index contributed by atoms with van der Waals surface area (Å²) in [6, 6.07) is 5.04. The van der Waals surface area contributed by atoms with Gasteiger partial charge >= 0.3 is 0 Å². The normalized spacial score (nSPS) is 26.9. The zero-order valence-electron chi connectivity index (χ0n) is 15.7. The van der Waals surface area contributed by atoms with E-state index < -0.39 is 32.3 Å². The number of benzene rings is 1. The Hall–Kier alpha value is -1.67. The molecule has 1 saturated carbocycles.